The lowest BCUT2D eigenvalue weighted by Crippen LogP contribution is -2.46. The minimum absolute atomic E-state index is 0.136. The van der Waals surface area contributed by atoms with E-state index in [1.807, 2.05) is 30.3 Å². The van der Waals surface area contributed by atoms with Gasteiger partial charge in [0.2, 0.25) is 0 Å². The van der Waals surface area contributed by atoms with Crippen molar-refractivity contribution in [3.05, 3.63) is 63.4 Å². The van der Waals surface area contributed by atoms with E-state index < -0.39 is 17.5 Å². The Morgan fingerprint density at radius 3 is 2.87 bits per heavy atom. The van der Waals surface area contributed by atoms with Gasteiger partial charge in [-0.1, -0.05) is 25.1 Å². The number of hydrogen-bond donors (Lipinski definition) is 1. The molecule has 0 fully saturated rings. The number of aliphatic carboxylic acids is 1. The van der Waals surface area contributed by atoms with Gasteiger partial charge in [0.1, 0.15) is 6.61 Å². The molecule has 0 spiro atoms. The number of ether oxygens (including phenoxy) is 2. The molecule has 8 heteroatoms. The third-order valence-corrected chi connectivity index (χ3v) is 6.05. The number of carboxylic acids is 1. The smallest absolute Gasteiger partial charge is 0.343 e. The van der Waals surface area contributed by atoms with Gasteiger partial charge in [0.05, 0.1) is 42.0 Å². The maximum absolute atomic E-state index is 13.4. The average molecular weight is 420 g/mol. The topological polar surface area (TPSA) is 108 Å². The van der Waals surface area contributed by atoms with Crippen LogP contribution in [-0.2, 0) is 37.8 Å². The summed E-state index contributed by atoms with van der Waals surface area (Å²) in [6.45, 7) is 1.84. The van der Waals surface area contributed by atoms with Crippen LogP contribution in [0.25, 0.3) is 22.3 Å². The number of esters is 1. The summed E-state index contributed by atoms with van der Waals surface area (Å²) in [5.41, 5.74) is 2.11. The van der Waals surface area contributed by atoms with Gasteiger partial charge >= 0.3 is 11.9 Å². The number of fused-ring (bicyclic) bond motifs is 5. The van der Waals surface area contributed by atoms with Crippen molar-refractivity contribution in [2.24, 2.45) is 0 Å². The third-order valence-electron chi connectivity index (χ3n) is 6.05. The molecule has 0 amide bonds. The van der Waals surface area contributed by atoms with Crippen molar-refractivity contribution in [3.63, 3.8) is 0 Å². The highest BCUT2D eigenvalue weighted by molar-refractivity contribution is 5.86. The molecule has 8 nitrogen and oxygen atoms in total. The number of para-hydroxylation sites is 1. The van der Waals surface area contributed by atoms with Gasteiger partial charge in [-0.3, -0.25) is 9.59 Å². The molecular weight excluding hydrogens is 400 g/mol. The first-order valence-corrected chi connectivity index (χ1v) is 10.1. The molecule has 2 aliphatic heterocycles. The number of pyridine rings is 2. The van der Waals surface area contributed by atoms with Crippen LogP contribution in [0.5, 0.6) is 0 Å². The summed E-state index contributed by atoms with van der Waals surface area (Å²) in [5.74, 6) is -1.64. The highest BCUT2D eigenvalue weighted by Crippen LogP contribution is 2.40. The van der Waals surface area contributed by atoms with E-state index >= 15 is 0 Å². The summed E-state index contributed by atoms with van der Waals surface area (Å²) in [7, 11) is 0. The van der Waals surface area contributed by atoms with Crippen molar-refractivity contribution in [1.29, 1.82) is 0 Å². The molecule has 0 bridgehead atoms. The molecule has 1 atom stereocenters. The zero-order valence-electron chi connectivity index (χ0n) is 16.9. The van der Waals surface area contributed by atoms with E-state index in [9.17, 15) is 14.4 Å². The Morgan fingerprint density at radius 1 is 1.29 bits per heavy atom. The van der Waals surface area contributed by atoms with Crippen LogP contribution in [0.3, 0.4) is 0 Å². The SMILES string of the molecule is CCC1(OCCC(=O)O)C(=O)OCc2c1cc1n(c2=O)Cc2cc3ccccc3nc2-1. The van der Waals surface area contributed by atoms with E-state index in [0.717, 1.165) is 16.5 Å². The number of carboxylic acid groups (broad SMARTS) is 1. The maximum atomic E-state index is 13.4. The summed E-state index contributed by atoms with van der Waals surface area (Å²) in [6, 6.07) is 11.6. The average Bonchev–Trinajstić information content (AvgIpc) is 3.11. The fourth-order valence-corrected chi connectivity index (χ4v) is 4.46. The van der Waals surface area contributed by atoms with Gasteiger partial charge in [-0.15, -0.1) is 0 Å². The quantitative estimate of drug-likeness (QED) is 0.495. The van der Waals surface area contributed by atoms with Gasteiger partial charge in [0.15, 0.2) is 5.60 Å². The van der Waals surface area contributed by atoms with Crippen molar-refractivity contribution in [2.75, 3.05) is 6.61 Å². The summed E-state index contributed by atoms with van der Waals surface area (Å²) < 4.78 is 12.8. The summed E-state index contributed by atoms with van der Waals surface area (Å²) >= 11 is 0. The minimum atomic E-state index is -1.52. The third kappa shape index (κ3) is 2.86. The van der Waals surface area contributed by atoms with Crippen molar-refractivity contribution < 1.29 is 24.2 Å². The molecular formula is C23H20N2O6. The predicted molar refractivity (Wildman–Crippen MR) is 111 cm³/mol. The Bertz CT molecular complexity index is 1310. The second kappa shape index (κ2) is 7.02. The monoisotopic (exact) mass is 420 g/mol. The summed E-state index contributed by atoms with van der Waals surface area (Å²) in [6.07, 6.45) is -0.0516. The Hall–Kier alpha value is -3.52. The molecule has 1 N–H and O–H groups in total. The predicted octanol–water partition coefficient (Wildman–Crippen LogP) is 2.58. The van der Waals surface area contributed by atoms with Gasteiger partial charge in [-0.25, -0.2) is 9.78 Å². The van der Waals surface area contributed by atoms with Gasteiger partial charge in [0, 0.05) is 16.5 Å². The molecule has 31 heavy (non-hydrogen) atoms. The van der Waals surface area contributed by atoms with E-state index in [0.29, 0.717) is 29.1 Å². The Labute approximate surface area is 177 Å². The number of cyclic esters (lactones) is 1. The Kier molecular flexibility index (Phi) is 4.40. The molecule has 1 aromatic carbocycles. The molecule has 0 saturated heterocycles. The van der Waals surface area contributed by atoms with Crippen LogP contribution in [-0.4, -0.2) is 33.2 Å². The van der Waals surface area contributed by atoms with Gasteiger partial charge in [-0.05, 0) is 24.6 Å². The van der Waals surface area contributed by atoms with E-state index in [1.54, 1.807) is 17.6 Å². The van der Waals surface area contributed by atoms with E-state index in [2.05, 4.69) is 0 Å². The fourth-order valence-electron chi connectivity index (χ4n) is 4.46. The van der Waals surface area contributed by atoms with Crippen LogP contribution in [0.1, 0.15) is 36.5 Å². The number of carbonyl (C=O) groups is 2. The minimum Gasteiger partial charge on any atom is -0.481 e. The highest BCUT2D eigenvalue weighted by Gasteiger charge is 2.48. The second-order valence-corrected chi connectivity index (χ2v) is 7.75. The fraction of sp³-hybridized carbons (Fsp3) is 0.304. The molecule has 4 heterocycles. The number of nitrogens with zero attached hydrogens (tertiary/aromatic N) is 2. The molecule has 2 aromatic heterocycles. The Morgan fingerprint density at radius 2 is 2.10 bits per heavy atom. The van der Waals surface area contributed by atoms with Crippen LogP contribution in [0.15, 0.2) is 41.2 Å². The molecule has 5 rings (SSSR count). The lowest BCUT2D eigenvalue weighted by atomic mass is 9.85. The zero-order chi connectivity index (χ0) is 21.8. The van der Waals surface area contributed by atoms with Crippen molar-refractivity contribution in [2.45, 2.75) is 38.5 Å². The van der Waals surface area contributed by atoms with Crippen LogP contribution in [0.2, 0.25) is 0 Å². The standard InChI is InChI=1S/C23H20N2O6/c1-2-23(31-8-7-19(26)27)16-10-18-20-14(9-13-5-3-4-6-17(13)24-20)11-25(18)21(28)15(16)12-30-22(23)29/h3-6,9-10H,2,7-8,11-12H2,1H3,(H,26,27). The molecule has 1 unspecified atom stereocenters. The first-order chi connectivity index (χ1) is 14.9. The Balaban J connectivity index is 1.69. The van der Waals surface area contributed by atoms with Crippen LogP contribution in [0.4, 0.5) is 0 Å². The first-order valence-electron chi connectivity index (χ1n) is 10.1. The van der Waals surface area contributed by atoms with E-state index in [-0.39, 0.29) is 31.6 Å². The lowest BCUT2D eigenvalue weighted by molar-refractivity contribution is -0.182. The zero-order valence-corrected chi connectivity index (χ0v) is 16.9. The first kappa shape index (κ1) is 19.4. The maximum Gasteiger partial charge on any atom is 0.343 e. The van der Waals surface area contributed by atoms with Crippen LogP contribution >= 0.6 is 0 Å². The highest BCUT2D eigenvalue weighted by atomic mass is 16.6. The lowest BCUT2D eigenvalue weighted by Gasteiger charge is -2.36. The van der Waals surface area contributed by atoms with E-state index in [1.165, 1.54) is 0 Å². The molecule has 3 aromatic rings. The second-order valence-electron chi connectivity index (χ2n) is 7.75. The number of hydrogen-bond acceptors (Lipinski definition) is 6. The van der Waals surface area contributed by atoms with Crippen LogP contribution in [0, 0.1) is 0 Å². The summed E-state index contributed by atoms with van der Waals surface area (Å²) in [4.78, 5) is 41.9. The molecule has 0 saturated carbocycles. The molecule has 158 valence electrons. The van der Waals surface area contributed by atoms with Crippen molar-refractivity contribution in [1.82, 2.24) is 9.55 Å². The number of aromatic nitrogens is 2. The molecule has 2 aliphatic rings. The van der Waals surface area contributed by atoms with Crippen molar-refractivity contribution in [3.8, 4) is 11.4 Å². The molecule has 0 radical (unpaired) electrons. The van der Waals surface area contributed by atoms with Gasteiger partial charge < -0.3 is 19.1 Å². The molecule has 0 aliphatic carbocycles. The largest absolute Gasteiger partial charge is 0.481 e. The number of rotatable bonds is 5. The van der Waals surface area contributed by atoms with Gasteiger partial charge in [0.25, 0.3) is 5.56 Å². The number of carbonyl (C=O) groups excluding carboxylic acids is 1. The van der Waals surface area contributed by atoms with Crippen LogP contribution < -0.4 is 5.56 Å². The normalized spacial score (nSPS) is 18.9. The number of benzene rings is 1. The van der Waals surface area contributed by atoms with Crippen molar-refractivity contribution >= 4 is 22.8 Å². The van der Waals surface area contributed by atoms with Gasteiger partial charge in [-0.2, -0.15) is 0 Å². The van der Waals surface area contributed by atoms with E-state index in [4.69, 9.17) is 19.6 Å². The summed E-state index contributed by atoms with van der Waals surface area (Å²) in [5, 5.41) is 9.96.